The first-order valence-corrected chi connectivity index (χ1v) is 8.66. The van der Waals surface area contributed by atoms with Crippen LogP contribution in [0, 0.1) is 28.6 Å². The van der Waals surface area contributed by atoms with Crippen molar-refractivity contribution in [2.75, 3.05) is 0 Å². The van der Waals surface area contributed by atoms with Crippen LogP contribution >= 0.6 is 0 Å². The van der Waals surface area contributed by atoms with Crippen molar-refractivity contribution in [2.24, 2.45) is 28.6 Å². The lowest BCUT2D eigenvalue weighted by molar-refractivity contribution is -0.161. The molecule has 4 aliphatic carbocycles. The number of carboxylic acids is 2. The van der Waals surface area contributed by atoms with Crippen LogP contribution in [0.4, 0.5) is 0 Å². The fourth-order valence-corrected chi connectivity index (χ4v) is 6.38. The Morgan fingerprint density at radius 1 is 1.28 bits per heavy atom. The number of rotatable bonds is 2. The Labute approximate surface area is 145 Å². The number of hydrogen-bond acceptors (Lipinski definition) is 4. The zero-order chi connectivity index (χ0) is 18.4. The third kappa shape index (κ3) is 1.81. The Hall–Kier alpha value is -1.95. The van der Waals surface area contributed by atoms with Crippen molar-refractivity contribution in [2.45, 2.75) is 44.6 Å². The summed E-state index contributed by atoms with van der Waals surface area (Å²) in [7, 11) is 0. The summed E-state index contributed by atoms with van der Waals surface area (Å²) in [6, 6.07) is 0. The molecule has 6 heteroatoms. The van der Waals surface area contributed by atoms with Crippen LogP contribution in [0.5, 0.6) is 0 Å². The van der Waals surface area contributed by atoms with E-state index in [4.69, 9.17) is 0 Å². The van der Waals surface area contributed by atoms with Crippen molar-refractivity contribution >= 4 is 17.7 Å². The van der Waals surface area contributed by atoms with E-state index in [0.29, 0.717) is 30.4 Å². The van der Waals surface area contributed by atoms with Gasteiger partial charge in [0.1, 0.15) is 0 Å². The predicted octanol–water partition coefficient (Wildman–Crippen LogP) is 1.78. The van der Waals surface area contributed by atoms with E-state index >= 15 is 0 Å². The second kappa shape index (κ2) is 4.61. The number of fused-ring (bicyclic) bond motifs is 3. The van der Waals surface area contributed by atoms with Gasteiger partial charge in [-0.2, -0.15) is 0 Å². The highest BCUT2D eigenvalue weighted by atomic mass is 16.4. The molecule has 1 spiro atoms. The van der Waals surface area contributed by atoms with Crippen LogP contribution < -0.4 is 0 Å². The first-order valence-electron chi connectivity index (χ1n) is 8.66. The second-order valence-electron chi connectivity index (χ2n) is 8.62. The van der Waals surface area contributed by atoms with Crippen molar-refractivity contribution in [3.63, 3.8) is 0 Å². The number of carboxylic acid groups (broad SMARTS) is 2. The maximum absolute atomic E-state index is 12.3. The fraction of sp³-hybridized carbons (Fsp3) is 0.632. The Morgan fingerprint density at radius 3 is 2.56 bits per heavy atom. The zero-order valence-electron chi connectivity index (χ0n) is 14.1. The third-order valence-electron chi connectivity index (χ3n) is 7.39. The summed E-state index contributed by atoms with van der Waals surface area (Å²) < 4.78 is 0. The first-order chi connectivity index (χ1) is 11.5. The minimum Gasteiger partial charge on any atom is -0.481 e. The molecule has 0 aliphatic heterocycles. The van der Waals surface area contributed by atoms with E-state index in [2.05, 4.69) is 6.58 Å². The standard InChI is InChI=1S/C19H22O6/c1-9-6-18-8-19(9,25)4-3-12(18)11-5-10(20)7-17(2,16(23)24)13(11)14(18)15(21)22/h5,12-14,25H,1,3-4,6-8H2,2H3,(H,21,22)(H,23,24). The quantitative estimate of drug-likeness (QED) is 0.657. The molecule has 6 nitrogen and oxygen atoms in total. The summed E-state index contributed by atoms with van der Waals surface area (Å²) in [6.07, 6.45) is 3.02. The summed E-state index contributed by atoms with van der Waals surface area (Å²) in [5.41, 5.74) is -1.93. The Morgan fingerprint density at radius 2 is 1.96 bits per heavy atom. The van der Waals surface area contributed by atoms with Gasteiger partial charge in [-0.1, -0.05) is 12.2 Å². The number of hydrogen-bond donors (Lipinski definition) is 3. The molecule has 25 heavy (non-hydrogen) atoms. The predicted molar refractivity (Wildman–Crippen MR) is 86.5 cm³/mol. The molecular weight excluding hydrogens is 324 g/mol. The molecular formula is C19H22O6. The van der Waals surface area contributed by atoms with Gasteiger partial charge in [0.25, 0.3) is 0 Å². The highest BCUT2D eigenvalue weighted by Gasteiger charge is 2.72. The van der Waals surface area contributed by atoms with Crippen LogP contribution in [-0.4, -0.2) is 38.6 Å². The number of aliphatic hydroxyl groups is 1. The molecule has 0 radical (unpaired) electrons. The molecule has 0 aromatic heterocycles. The van der Waals surface area contributed by atoms with Crippen molar-refractivity contribution < 1.29 is 29.7 Å². The Bertz CT molecular complexity index is 766. The minimum atomic E-state index is -1.43. The Kier molecular flexibility index (Phi) is 3.04. The maximum atomic E-state index is 12.3. The van der Waals surface area contributed by atoms with Gasteiger partial charge < -0.3 is 15.3 Å². The molecule has 4 rings (SSSR count). The van der Waals surface area contributed by atoms with Crippen LogP contribution in [0.2, 0.25) is 0 Å². The normalized spacial score (nSPS) is 47.9. The van der Waals surface area contributed by atoms with Gasteiger partial charge in [-0.3, -0.25) is 14.4 Å². The largest absolute Gasteiger partial charge is 0.481 e. The summed E-state index contributed by atoms with van der Waals surface area (Å²) in [4.78, 5) is 36.6. The number of carbonyl (C=O) groups excluding carboxylic acids is 1. The lowest BCUT2D eigenvalue weighted by Crippen LogP contribution is -2.47. The summed E-state index contributed by atoms with van der Waals surface area (Å²) in [6.45, 7) is 5.47. The maximum Gasteiger partial charge on any atom is 0.310 e. The minimum absolute atomic E-state index is 0.180. The van der Waals surface area contributed by atoms with Crippen molar-refractivity contribution in [1.29, 1.82) is 0 Å². The van der Waals surface area contributed by atoms with E-state index < -0.39 is 40.2 Å². The number of allylic oxidation sites excluding steroid dienone is 2. The van der Waals surface area contributed by atoms with Gasteiger partial charge in [0.05, 0.1) is 16.9 Å². The van der Waals surface area contributed by atoms with Crippen molar-refractivity contribution in [1.82, 2.24) is 0 Å². The number of ketones is 1. The van der Waals surface area contributed by atoms with E-state index in [1.807, 2.05) is 0 Å². The molecule has 3 N–H and O–H groups in total. The van der Waals surface area contributed by atoms with E-state index in [1.54, 1.807) is 0 Å². The van der Waals surface area contributed by atoms with E-state index in [-0.39, 0.29) is 24.5 Å². The van der Waals surface area contributed by atoms with E-state index in [9.17, 15) is 29.7 Å². The molecule has 3 fully saturated rings. The molecule has 6 atom stereocenters. The Balaban J connectivity index is 1.95. The molecule has 0 aromatic rings. The summed E-state index contributed by atoms with van der Waals surface area (Å²) in [5, 5.41) is 30.7. The average molecular weight is 346 g/mol. The van der Waals surface area contributed by atoms with Gasteiger partial charge in [-0.15, -0.1) is 0 Å². The molecule has 3 saturated carbocycles. The molecule has 6 unspecified atom stereocenters. The lowest BCUT2D eigenvalue weighted by Gasteiger charge is -2.41. The van der Waals surface area contributed by atoms with Gasteiger partial charge in [0.2, 0.25) is 0 Å². The summed E-state index contributed by atoms with van der Waals surface area (Å²) >= 11 is 0. The van der Waals surface area contributed by atoms with Crippen LogP contribution in [0.15, 0.2) is 23.8 Å². The molecule has 0 amide bonds. The molecule has 0 heterocycles. The summed E-state index contributed by atoms with van der Waals surface area (Å²) in [5.74, 6) is -4.26. The van der Waals surface area contributed by atoms with Gasteiger partial charge in [0, 0.05) is 12.3 Å². The monoisotopic (exact) mass is 346 g/mol. The first kappa shape index (κ1) is 16.5. The number of carbonyl (C=O) groups is 3. The molecule has 0 aromatic carbocycles. The van der Waals surface area contributed by atoms with Crippen LogP contribution in [0.3, 0.4) is 0 Å². The molecule has 4 aliphatic rings. The molecule has 134 valence electrons. The van der Waals surface area contributed by atoms with Crippen LogP contribution in [0.25, 0.3) is 0 Å². The van der Waals surface area contributed by atoms with E-state index in [0.717, 1.165) is 0 Å². The van der Waals surface area contributed by atoms with Gasteiger partial charge in [0.15, 0.2) is 5.78 Å². The highest BCUT2D eigenvalue weighted by molar-refractivity contribution is 5.97. The third-order valence-corrected chi connectivity index (χ3v) is 7.39. The van der Waals surface area contributed by atoms with Crippen molar-refractivity contribution in [3.05, 3.63) is 23.8 Å². The van der Waals surface area contributed by atoms with Gasteiger partial charge in [-0.25, -0.2) is 0 Å². The SMILES string of the molecule is C=C1CC23CC1(O)CCC2C1=CC(=O)CC(C)(C(=O)O)C1C3C(=O)O. The van der Waals surface area contributed by atoms with Crippen LogP contribution in [0.1, 0.15) is 39.0 Å². The van der Waals surface area contributed by atoms with Gasteiger partial charge >= 0.3 is 11.9 Å². The van der Waals surface area contributed by atoms with Gasteiger partial charge in [-0.05, 0) is 55.6 Å². The van der Waals surface area contributed by atoms with Crippen LogP contribution in [-0.2, 0) is 14.4 Å². The second-order valence-corrected chi connectivity index (χ2v) is 8.62. The lowest BCUT2D eigenvalue weighted by atomic mass is 9.61. The molecule has 2 bridgehead atoms. The zero-order valence-corrected chi connectivity index (χ0v) is 14.1. The van der Waals surface area contributed by atoms with Crippen molar-refractivity contribution in [3.8, 4) is 0 Å². The van der Waals surface area contributed by atoms with E-state index in [1.165, 1.54) is 13.0 Å². The average Bonchev–Trinajstić information content (AvgIpc) is 2.86. The number of aliphatic carboxylic acids is 2. The smallest absolute Gasteiger partial charge is 0.310 e. The topological polar surface area (TPSA) is 112 Å². The highest BCUT2D eigenvalue weighted by Crippen LogP contribution is 2.72. The fourth-order valence-electron chi connectivity index (χ4n) is 6.38. The molecule has 0 saturated heterocycles.